The molecule has 0 heterocycles. The van der Waals surface area contributed by atoms with Gasteiger partial charge in [0.15, 0.2) is 15.4 Å². The summed E-state index contributed by atoms with van der Waals surface area (Å²) in [6.45, 7) is 1.45. The van der Waals surface area contributed by atoms with Gasteiger partial charge < -0.3 is 19.9 Å². The van der Waals surface area contributed by atoms with Crippen molar-refractivity contribution in [2.24, 2.45) is 0 Å². The van der Waals surface area contributed by atoms with Gasteiger partial charge in [0, 0.05) is 28.6 Å². The Morgan fingerprint density at radius 3 is 2.33 bits per heavy atom. The van der Waals surface area contributed by atoms with Crippen LogP contribution in [0, 0.1) is 0 Å². The molecule has 2 rings (SSSR count). The summed E-state index contributed by atoms with van der Waals surface area (Å²) in [4.78, 5) is 12.1. The minimum Gasteiger partial charge on any atom is -0.497 e. The Bertz CT molecular complexity index is 976. The Balaban J connectivity index is 2.62. The molecule has 0 bridgehead atoms. The first kappa shape index (κ1) is 20.9. The van der Waals surface area contributed by atoms with Gasteiger partial charge in [-0.15, -0.1) is 0 Å². The number of aliphatic carboxylic acids is 1. The fourth-order valence-corrected chi connectivity index (χ4v) is 3.41. The summed E-state index contributed by atoms with van der Waals surface area (Å²) in [5.74, 6) is -0.630. The van der Waals surface area contributed by atoms with E-state index in [2.05, 4.69) is 5.32 Å². The fraction of sp³-hybridized carbons (Fsp3) is 0.278. The number of rotatable bonds is 7. The number of carboxylic acids is 1. The average molecular weight is 414 g/mol. The predicted molar refractivity (Wildman–Crippen MR) is 103 cm³/mol. The summed E-state index contributed by atoms with van der Waals surface area (Å²) >= 11 is 5.96. The average Bonchev–Trinajstić information content (AvgIpc) is 2.60. The lowest BCUT2D eigenvalue weighted by Gasteiger charge is -2.29. The van der Waals surface area contributed by atoms with Crippen molar-refractivity contribution in [3.63, 3.8) is 0 Å². The van der Waals surface area contributed by atoms with E-state index in [1.165, 1.54) is 45.4 Å². The van der Waals surface area contributed by atoms with E-state index in [0.29, 0.717) is 10.6 Å². The maximum Gasteiger partial charge on any atom is 0.333 e. The van der Waals surface area contributed by atoms with Crippen molar-refractivity contribution in [3.05, 3.63) is 47.0 Å². The van der Waals surface area contributed by atoms with Crippen LogP contribution in [0.3, 0.4) is 0 Å². The number of nitrogens with one attached hydrogen (secondary N) is 1. The first-order valence-corrected chi connectivity index (χ1v) is 10.0. The lowest BCUT2D eigenvalue weighted by atomic mass is 9.90. The van der Waals surface area contributed by atoms with Gasteiger partial charge in [0.1, 0.15) is 11.5 Å². The Morgan fingerprint density at radius 1 is 1.15 bits per heavy atom. The Morgan fingerprint density at radius 2 is 1.81 bits per heavy atom. The summed E-state index contributed by atoms with van der Waals surface area (Å²) in [5, 5.41) is 13.2. The molecule has 0 saturated heterocycles. The summed E-state index contributed by atoms with van der Waals surface area (Å²) in [6.07, 6.45) is 1.06. The molecule has 0 spiro atoms. The van der Waals surface area contributed by atoms with Crippen LogP contribution >= 0.6 is 11.6 Å². The predicted octanol–water partition coefficient (Wildman–Crippen LogP) is 3.17. The molecule has 0 amide bonds. The molecule has 1 unspecified atom stereocenters. The summed E-state index contributed by atoms with van der Waals surface area (Å²) in [6, 6.07) is 8.82. The van der Waals surface area contributed by atoms with Crippen molar-refractivity contribution < 1.29 is 27.8 Å². The van der Waals surface area contributed by atoms with Gasteiger partial charge in [-0.25, -0.2) is 13.2 Å². The minimum atomic E-state index is -3.53. The lowest BCUT2D eigenvalue weighted by molar-refractivity contribution is -0.142. The van der Waals surface area contributed by atoms with Gasteiger partial charge in [-0.05, 0) is 31.2 Å². The number of halogens is 1. The molecule has 0 aromatic heterocycles. The van der Waals surface area contributed by atoms with Gasteiger partial charge in [-0.1, -0.05) is 17.7 Å². The molecule has 0 radical (unpaired) electrons. The van der Waals surface area contributed by atoms with Crippen LogP contribution in [-0.2, 0) is 20.2 Å². The number of methoxy groups -OCH3 is 2. The first-order chi connectivity index (χ1) is 12.5. The second-order valence-corrected chi connectivity index (χ2v) is 8.52. The van der Waals surface area contributed by atoms with Crippen molar-refractivity contribution in [3.8, 4) is 11.5 Å². The van der Waals surface area contributed by atoms with Crippen LogP contribution in [0.15, 0.2) is 41.3 Å². The molecule has 0 aliphatic rings. The molecule has 2 aromatic rings. The normalized spacial score (nSPS) is 13.5. The topological polar surface area (TPSA) is 102 Å². The number of anilines is 1. The zero-order valence-electron chi connectivity index (χ0n) is 15.2. The van der Waals surface area contributed by atoms with Crippen LogP contribution in [0.1, 0.15) is 12.5 Å². The largest absolute Gasteiger partial charge is 0.497 e. The smallest absolute Gasteiger partial charge is 0.333 e. The van der Waals surface area contributed by atoms with E-state index in [1.807, 2.05) is 0 Å². The van der Waals surface area contributed by atoms with Gasteiger partial charge in [0.25, 0.3) is 0 Å². The van der Waals surface area contributed by atoms with Crippen molar-refractivity contribution in [1.82, 2.24) is 0 Å². The maximum absolute atomic E-state index is 12.1. The van der Waals surface area contributed by atoms with Gasteiger partial charge in [0.05, 0.1) is 19.1 Å². The molecule has 0 fully saturated rings. The zero-order chi connectivity index (χ0) is 20.4. The molecule has 0 aliphatic heterocycles. The Labute approximate surface area is 162 Å². The number of sulfone groups is 1. The standard InChI is InChI=1S/C18H20ClNO6S/c1-18(17(21)22,15-6-5-11(19)7-16(15)26-3)20-12-8-13(25-2)10-14(9-12)27(4,23)24/h5-10,20H,1-4H3,(H,21,22). The molecule has 2 N–H and O–H groups in total. The monoisotopic (exact) mass is 413 g/mol. The number of benzene rings is 2. The third-order valence-electron chi connectivity index (χ3n) is 4.07. The third kappa shape index (κ3) is 4.45. The van der Waals surface area contributed by atoms with Crippen LogP contribution in [0.2, 0.25) is 5.02 Å². The molecule has 27 heavy (non-hydrogen) atoms. The van der Waals surface area contributed by atoms with Crippen LogP contribution < -0.4 is 14.8 Å². The molecular formula is C18H20ClNO6S. The van der Waals surface area contributed by atoms with Gasteiger partial charge in [-0.2, -0.15) is 0 Å². The molecule has 9 heteroatoms. The van der Waals surface area contributed by atoms with Crippen molar-refractivity contribution in [2.45, 2.75) is 17.4 Å². The SMILES string of the molecule is COc1cc(NC(C)(C(=O)O)c2ccc(Cl)cc2OC)cc(S(C)(=O)=O)c1. The number of hydrogen-bond donors (Lipinski definition) is 2. The quantitative estimate of drug-likeness (QED) is 0.718. The molecule has 0 aliphatic carbocycles. The zero-order valence-corrected chi connectivity index (χ0v) is 16.8. The summed E-state index contributed by atoms with van der Waals surface area (Å²) < 4.78 is 34.3. The van der Waals surface area contributed by atoms with Crippen LogP contribution in [0.5, 0.6) is 11.5 Å². The fourth-order valence-electron chi connectivity index (χ4n) is 2.58. The van der Waals surface area contributed by atoms with E-state index in [-0.39, 0.29) is 22.1 Å². The highest BCUT2D eigenvalue weighted by Crippen LogP contribution is 2.36. The van der Waals surface area contributed by atoms with Crippen LogP contribution in [0.4, 0.5) is 5.69 Å². The van der Waals surface area contributed by atoms with E-state index < -0.39 is 21.3 Å². The van der Waals surface area contributed by atoms with Crippen molar-refractivity contribution in [2.75, 3.05) is 25.8 Å². The van der Waals surface area contributed by atoms with Crippen molar-refractivity contribution in [1.29, 1.82) is 0 Å². The lowest BCUT2D eigenvalue weighted by Crippen LogP contribution is -2.40. The second kappa shape index (κ2) is 7.66. The minimum absolute atomic E-state index is 0.000148. The molecule has 7 nitrogen and oxygen atoms in total. The van der Waals surface area contributed by atoms with Crippen molar-refractivity contribution >= 4 is 33.1 Å². The third-order valence-corrected chi connectivity index (χ3v) is 5.40. The van der Waals surface area contributed by atoms with Gasteiger partial charge >= 0.3 is 5.97 Å². The second-order valence-electron chi connectivity index (χ2n) is 6.07. The number of hydrogen-bond acceptors (Lipinski definition) is 6. The summed E-state index contributed by atoms with van der Waals surface area (Å²) in [7, 11) is -0.726. The van der Waals surface area contributed by atoms with Crippen LogP contribution in [0.25, 0.3) is 0 Å². The van der Waals surface area contributed by atoms with E-state index >= 15 is 0 Å². The number of ether oxygens (including phenoxy) is 2. The molecular weight excluding hydrogens is 394 g/mol. The Kier molecular flexibility index (Phi) is 5.91. The highest BCUT2D eigenvalue weighted by atomic mass is 35.5. The first-order valence-electron chi connectivity index (χ1n) is 7.76. The van der Waals surface area contributed by atoms with E-state index in [9.17, 15) is 18.3 Å². The molecule has 146 valence electrons. The highest BCUT2D eigenvalue weighted by Gasteiger charge is 2.38. The molecule has 2 aromatic carbocycles. The van der Waals surface area contributed by atoms with Gasteiger partial charge in [0.2, 0.25) is 0 Å². The number of carboxylic acid groups (broad SMARTS) is 1. The molecule has 1 atom stereocenters. The summed E-state index contributed by atoms with van der Waals surface area (Å²) in [5.41, 5.74) is -1.04. The van der Waals surface area contributed by atoms with Crippen LogP contribution in [-0.4, -0.2) is 40.0 Å². The Hall–Kier alpha value is -2.45. The maximum atomic E-state index is 12.1. The van der Waals surface area contributed by atoms with E-state index in [0.717, 1.165) is 6.26 Å². The number of carbonyl (C=O) groups is 1. The van der Waals surface area contributed by atoms with Gasteiger partial charge in [-0.3, -0.25) is 0 Å². The van der Waals surface area contributed by atoms with E-state index in [4.69, 9.17) is 21.1 Å². The highest BCUT2D eigenvalue weighted by molar-refractivity contribution is 7.90. The van der Waals surface area contributed by atoms with E-state index in [1.54, 1.807) is 12.1 Å². The molecule has 0 saturated carbocycles.